The smallest absolute Gasteiger partial charge is 0.176 e. The number of thiocarbonyl (C=S) groups is 1. The van der Waals surface area contributed by atoms with E-state index in [1.807, 2.05) is 18.2 Å². The number of nitrogens with zero attached hydrogens (tertiary/aromatic N) is 1. The Morgan fingerprint density at radius 2 is 2.17 bits per heavy atom. The maximum atomic E-state index is 5.26. The maximum Gasteiger partial charge on any atom is 0.176 e. The van der Waals surface area contributed by atoms with Crippen molar-refractivity contribution in [3.8, 4) is 0 Å². The lowest BCUT2D eigenvalue weighted by Gasteiger charge is -2.20. The number of hydrogen-bond acceptors (Lipinski definition) is 2. The van der Waals surface area contributed by atoms with Crippen LogP contribution in [0.3, 0.4) is 0 Å². The molecule has 1 heterocycles. The monoisotopic (exact) mass is 259 g/mol. The number of rotatable bonds is 2. The first-order valence-corrected chi connectivity index (χ1v) is 6.42. The molecule has 0 saturated heterocycles. The van der Waals surface area contributed by atoms with Crippen molar-refractivity contribution in [1.82, 2.24) is 10.3 Å². The quantitative estimate of drug-likeness (QED) is 0.800. The van der Waals surface area contributed by atoms with Crippen LogP contribution < -0.4 is 10.6 Å². The molecule has 0 amide bonds. The third kappa shape index (κ3) is 3.40. The third-order valence-electron chi connectivity index (χ3n) is 3.03. The largest absolute Gasteiger partial charge is 0.336 e. The van der Waals surface area contributed by atoms with E-state index >= 15 is 0 Å². The van der Waals surface area contributed by atoms with Crippen LogP contribution in [0, 0.1) is 5.92 Å². The van der Waals surface area contributed by atoms with Gasteiger partial charge in [0.1, 0.15) is 5.82 Å². The molecule has 0 saturated carbocycles. The van der Waals surface area contributed by atoms with E-state index in [9.17, 15) is 0 Å². The fourth-order valence-electron chi connectivity index (χ4n) is 1.78. The van der Waals surface area contributed by atoms with Crippen LogP contribution in [0.1, 0.15) is 20.3 Å². The van der Waals surface area contributed by atoms with Crippen LogP contribution >= 0.6 is 12.2 Å². The Labute approximate surface area is 113 Å². The zero-order chi connectivity index (χ0) is 13.0. The summed E-state index contributed by atoms with van der Waals surface area (Å²) in [5.41, 5.74) is 2.55. The number of hydrogen-bond donors (Lipinski definition) is 2. The van der Waals surface area contributed by atoms with Gasteiger partial charge in [0, 0.05) is 11.9 Å². The van der Waals surface area contributed by atoms with Crippen LogP contribution in [0.5, 0.6) is 0 Å². The number of anilines is 1. The summed E-state index contributed by atoms with van der Waals surface area (Å²) in [7, 11) is 0. The second-order valence-corrected chi connectivity index (χ2v) is 4.91. The van der Waals surface area contributed by atoms with Crippen molar-refractivity contribution in [2.45, 2.75) is 20.3 Å². The molecule has 3 nitrogen and oxygen atoms in total. The molecule has 0 aliphatic heterocycles. The molecule has 1 aromatic heterocycles. The maximum absolute atomic E-state index is 5.26. The lowest BCUT2D eigenvalue weighted by atomic mass is 9.93. The zero-order valence-electron chi connectivity index (χ0n) is 10.6. The normalized spacial score (nSPS) is 18.7. The molecule has 1 aliphatic carbocycles. The van der Waals surface area contributed by atoms with Gasteiger partial charge in [0.05, 0.1) is 0 Å². The van der Waals surface area contributed by atoms with Crippen LogP contribution in [0.4, 0.5) is 5.82 Å². The van der Waals surface area contributed by atoms with E-state index in [1.54, 1.807) is 6.20 Å². The van der Waals surface area contributed by atoms with E-state index in [1.165, 1.54) is 5.57 Å². The summed E-state index contributed by atoms with van der Waals surface area (Å²) >= 11 is 5.26. The second kappa shape index (κ2) is 5.78. The summed E-state index contributed by atoms with van der Waals surface area (Å²) in [5, 5.41) is 6.86. The Morgan fingerprint density at radius 3 is 2.83 bits per heavy atom. The highest BCUT2D eigenvalue weighted by Crippen LogP contribution is 2.22. The fourth-order valence-corrected chi connectivity index (χ4v) is 2.01. The van der Waals surface area contributed by atoms with E-state index in [0.717, 1.165) is 17.9 Å². The van der Waals surface area contributed by atoms with Crippen molar-refractivity contribution < 1.29 is 0 Å². The number of nitrogens with one attached hydrogen (secondary N) is 2. The van der Waals surface area contributed by atoms with Gasteiger partial charge in [-0.3, -0.25) is 0 Å². The molecule has 2 N–H and O–H groups in total. The Bertz CT molecular complexity index is 491. The Hall–Kier alpha value is -1.68. The van der Waals surface area contributed by atoms with Gasteiger partial charge in [-0.15, -0.1) is 0 Å². The highest BCUT2D eigenvalue weighted by molar-refractivity contribution is 7.80. The molecular weight excluding hydrogens is 242 g/mol. The van der Waals surface area contributed by atoms with Gasteiger partial charge in [0.2, 0.25) is 0 Å². The van der Waals surface area contributed by atoms with Crippen LogP contribution in [0.2, 0.25) is 0 Å². The predicted octanol–water partition coefficient (Wildman–Crippen LogP) is 3.24. The zero-order valence-corrected chi connectivity index (χ0v) is 11.4. The summed E-state index contributed by atoms with van der Waals surface area (Å²) in [6, 6.07) is 5.68. The minimum absolute atomic E-state index is 0.565. The highest BCUT2D eigenvalue weighted by Gasteiger charge is 2.12. The standard InChI is InChI=1S/C14H17N3S/c1-10-6-7-12(9-11(10)2)16-14(18)17-13-5-3-4-8-15-13/h3-8,11H,9H2,1-2H3,(H2,15,16,17,18). The molecule has 0 aromatic carbocycles. The first-order valence-electron chi connectivity index (χ1n) is 6.01. The van der Waals surface area contributed by atoms with Crippen molar-refractivity contribution in [3.05, 3.63) is 47.8 Å². The van der Waals surface area contributed by atoms with Gasteiger partial charge in [-0.2, -0.15) is 0 Å². The van der Waals surface area contributed by atoms with E-state index in [4.69, 9.17) is 12.2 Å². The molecule has 1 atom stereocenters. The topological polar surface area (TPSA) is 37.0 Å². The fraction of sp³-hybridized carbons (Fsp3) is 0.286. The molecule has 4 heteroatoms. The molecule has 2 rings (SSSR count). The van der Waals surface area contributed by atoms with Crippen molar-refractivity contribution in [1.29, 1.82) is 0 Å². The molecule has 0 radical (unpaired) electrons. The van der Waals surface area contributed by atoms with E-state index in [2.05, 4.69) is 41.6 Å². The predicted molar refractivity (Wildman–Crippen MR) is 79.2 cm³/mol. The van der Waals surface area contributed by atoms with Gasteiger partial charge in [-0.05, 0) is 49.7 Å². The first kappa shape index (κ1) is 12.8. The van der Waals surface area contributed by atoms with Crippen molar-refractivity contribution >= 4 is 23.1 Å². The molecule has 0 spiro atoms. The number of allylic oxidation sites excluding steroid dienone is 4. The lowest BCUT2D eigenvalue weighted by Crippen LogP contribution is -2.29. The van der Waals surface area contributed by atoms with Gasteiger partial charge in [0.15, 0.2) is 5.11 Å². The van der Waals surface area contributed by atoms with Crippen LogP contribution in [0.25, 0.3) is 0 Å². The number of pyridine rings is 1. The summed E-state index contributed by atoms with van der Waals surface area (Å²) in [6.45, 7) is 4.37. The van der Waals surface area contributed by atoms with Crippen LogP contribution in [-0.4, -0.2) is 10.1 Å². The van der Waals surface area contributed by atoms with E-state index in [-0.39, 0.29) is 0 Å². The van der Waals surface area contributed by atoms with Gasteiger partial charge in [0.25, 0.3) is 0 Å². The molecule has 1 unspecified atom stereocenters. The van der Waals surface area contributed by atoms with Gasteiger partial charge in [-0.1, -0.05) is 24.6 Å². The summed E-state index contributed by atoms with van der Waals surface area (Å²) in [6.07, 6.45) is 6.95. The first-order chi connectivity index (χ1) is 8.65. The minimum Gasteiger partial charge on any atom is -0.336 e. The van der Waals surface area contributed by atoms with Gasteiger partial charge >= 0.3 is 0 Å². The molecule has 0 bridgehead atoms. The van der Waals surface area contributed by atoms with Crippen LogP contribution in [-0.2, 0) is 0 Å². The average Bonchev–Trinajstić information content (AvgIpc) is 2.35. The molecular formula is C14H17N3S. The Balaban J connectivity index is 1.93. The van der Waals surface area contributed by atoms with Crippen molar-refractivity contribution in [2.75, 3.05) is 5.32 Å². The second-order valence-electron chi connectivity index (χ2n) is 4.50. The van der Waals surface area contributed by atoms with Crippen molar-refractivity contribution in [2.24, 2.45) is 5.92 Å². The summed E-state index contributed by atoms with van der Waals surface area (Å²) < 4.78 is 0. The molecule has 1 aliphatic rings. The van der Waals surface area contributed by atoms with Crippen LogP contribution in [0.15, 0.2) is 47.8 Å². The van der Waals surface area contributed by atoms with E-state index in [0.29, 0.717) is 11.0 Å². The minimum atomic E-state index is 0.565. The highest BCUT2D eigenvalue weighted by atomic mass is 32.1. The van der Waals surface area contributed by atoms with Gasteiger partial charge in [-0.25, -0.2) is 4.98 Å². The molecule has 1 aromatic rings. The lowest BCUT2D eigenvalue weighted by molar-refractivity contribution is 0.646. The number of aromatic nitrogens is 1. The molecule has 94 valence electrons. The Kier molecular flexibility index (Phi) is 4.10. The summed E-state index contributed by atoms with van der Waals surface area (Å²) in [4.78, 5) is 4.17. The Morgan fingerprint density at radius 1 is 1.33 bits per heavy atom. The SMILES string of the molecule is CC1=CC=C(NC(=S)Nc2ccccn2)CC1C. The third-order valence-corrected chi connectivity index (χ3v) is 3.24. The average molecular weight is 259 g/mol. The summed E-state index contributed by atoms with van der Waals surface area (Å²) in [5.74, 6) is 1.32. The van der Waals surface area contributed by atoms with E-state index < -0.39 is 0 Å². The van der Waals surface area contributed by atoms with Crippen molar-refractivity contribution in [3.63, 3.8) is 0 Å². The molecule has 18 heavy (non-hydrogen) atoms. The molecule has 0 fully saturated rings. The van der Waals surface area contributed by atoms with Gasteiger partial charge < -0.3 is 10.6 Å².